The molecule has 158 valence electrons. The van der Waals surface area contributed by atoms with Crippen molar-refractivity contribution in [2.75, 3.05) is 26.2 Å². The maximum atomic E-state index is 13.2. The molecular formula is C21H28N2O4S2. The predicted molar refractivity (Wildman–Crippen MR) is 114 cm³/mol. The molecule has 2 aromatic carbocycles. The van der Waals surface area contributed by atoms with Crippen LogP contribution in [0.4, 0.5) is 0 Å². The molecule has 0 aliphatic carbocycles. The minimum absolute atomic E-state index is 0.140. The summed E-state index contributed by atoms with van der Waals surface area (Å²) >= 11 is 0. The van der Waals surface area contributed by atoms with Crippen LogP contribution in [-0.4, -0.2) is 51.6 Å². The summed E-state index contributed by atoms with van der Waals surface area (Å²) in [4.78, 5) is 0.575. The summed E-state index contributed by atoms with van der Waals surface area (Å²) in [5.74, 6) is 0. The monoisotopic (exact) mass is 436 g/mol. The smallest absolute Gasteiger partial charge is 0.207 e. The van der Waals surface area contributed by atoms with Gasteiger partial charge in [0.05, 0.1) is 9.79 Å². The van der Waals surface area contributed by atoms with Gasteiger partial charge < -0.3 is 0 Å². The zero-order chi connectivity index (χ0) is 21.4. The molecule has 0 amide bonds. The van der Waals surface area contributed by atoms with E-state index < -0.39 is 20.0 Å². The van der Waals surface area contributed by atoms with E-state index >= 15 is 0 Å². The quantitative estimate of drug-likeness (QED) is 0.722. The molecule has 8 heteroatoms. The molecule has 0 unspecified atom stereocenters. The van der Waals surface area contributed by atoms with Gasteiger partial charge in [0, 0.05) is 26.2 Å². The Morgan fingerprint density at radius 1 is 0.759 bits per heavy atom. The fraction of sp³-hybridized carbons (Fsp3) is 0.429. The number of sulfonamides is 2. The highest BCUT2D eigenvalue weighted by atomic mass is 32.2. The van der Waals surface area contributed by atoms with Crippen LogP contribution in [0.5, 0.6) is 0 Å². The molecule has 6 nitrogen and oxygen atoms in total. The number of piperazine rings is 1. The summed E-state index contributed by atoms with van der Waals surface area (Å²) in [5.41, 5.74) is 3.52. The van der Waals surface area contributed by atoms with Gasteiger partial charge in [0.25, 0.3) is 0 Å². The lowest BCUT2D eigenvalue weighted by atomic mass is 10.1. The Morgan fingerprint density at radius 2 is 1.21 bits per heavy atom. The Balaban J connectivity index is 1.79. The first-order valence-electron chi connectivity index (χ1n) is 9.74. The van der Waals surface area contributed by atoms with Crippen molar-refractivity contribution in [2.24, 2.45) is 0 Å². The first kappa shape index (κ1) is 22.0. The fourth-order valence-electron chi connectivity index (χ4n) is 3.90. The molecule has 0 atom stereocenters. The number of hydrogen-bond donors (Lipinski definition) is 0. The first-order chi connectivity index (χ1) is 13.6. The van der Waals surface area contributed by atoms with Crippen LogP contribution < -0.4 is 0 Å². The standard InChI is InChI=1S/C21H28N2O4S2/c1-5-19-6-8-20(9-7-19)28(24,25)22-10-12-23(13-11-22)29(26,27)21-17(3)14-16(2)15-18(21)4/h6-9,14-15H,5,10-13H2,1-4H3. The van der Waals surface area contributed by atoms with Crippen LogP contribution in [0.15, 0.2) is 46.2 Å². The van der Waals surface area contributed by atoms with Crippen LogP contribution in [0, 0.1) is 20.8 Å². The number of hydrogen-bond acceptors (Lipinski definition) is 4. The Bertz CT molecular complexity index is 1080. The maximum Gasteiger partial charge on any atom is 0.243 e. The van der Waals surface area contributed by atoms with E-state index in [0.717, 1.165) is 17.5 Å². The van der Waals surface area contributed by atoms with Gasteiger partial charge >= 0.3 is 0 Å². The molecule has 1 saturated heterocycles. The van der Waals surface area contributed by atoms with E-state index in [4.69, 9.17) is 0 Å². The Labute approximate surface area is 174 Å². The van der Waals surface area contributed by atoms with E-state index in [1.165, 1.54) is 8.61 Å². The van der Waals surface area contributed by atoms with Gasteiger partial charge in [-0.3, -0.25) is 0 Å². The molecule has 0 N–H and O–H groups in total. The first-order valence-corrected chi connectivity index (χ1v) is 12.6. The van der Waals surface area contributed by atoms with E-state index in [-0.39, 0.29) is 31.1 Å². The van der Waals surface area contributed by atoms with Crippen molar-refractivity contribution in [2.45, 2.75) is 43.9 Å². The molecular weight excluding hydrogens is 408 g/mol. The van der Waals surface area contributed by atoms with Crippen LogP contribution in [-0.2, 0) is 26.5 Å². The highest BCUT2D eigenvalue weighted by Gasteiger charge is 2.35. The molecule has 0 radical (unpaired) electrons. The lowest BCUT2D eigenvalue weighted by molar-refractivity contribution is 0.272. The molecule has 0 saturated carbocycles. The minimum Gasteiger partial charge on any atom is -0.207 e. The summed E-state index contributed by atoms with van der Waals surface area (Å²) in [5, 5.41) is 0. The molecule has 0 bridgehead atoms. The Morgan fingerprint density at radius 3 is 1.66 bits per heavy atom. The number of aryl methyl sites for hydroxylation is 4. The third-order valence-electron chi connectivity index (χ3n) is 5.37. The van der Waals surface area contributed by atoms with Crippen molar-refractivity contribution in [3.63, 3.8) is 0 Å². The number of nitrogens with zero attached hydrogens (tertiary/aromatic N) is 2. The van der Waals surface area contributed by atoms with E-state index in [9.17, 15) is 16.8 Å². The lowest BCUT2D eigenvalue weighted by Gasteiger charge is -2.34. The van der Waals surface area contributed by atoms with Gasteiger partial charge in [-0.25, -0.2) is 16.8 Å². The van der Waals surface area contributed by atoms with Crippen LogP contribution in [0.1, 0.15) is 29.2 Å². The van der Waals surface area contributed by atoms with Crippen molar-refractivity contribution in [3.8, 4) is 0 Å². The van der Waals surface area contributed by atoms with Gasteiger partial charge in [0.15, 0.2) is 0 Å². The van der Waals surface area contributed by atoms with Crippen molar-refractivity contribution in [3.05, 3.63) is 58.7 Å². The summed E-state index contributed by atoms with van der Waals surface area (Å²) in [7, 11) is -7.30. The second kappa shape index (κ2) is 8.18. The summed E-state index contributed by atoms with van der Waals surface area (Å²) in [6.07, 6.45) is 0.842. The van der Waals surface area contributed by atoms with E-state index in [1.54, 1.807) is 26.0 Å². The van der Waals surface area contributed by atoms with Crippen LogP contribution in [0.25, 0.3) is 0 Å². The van der Waals surface area contributed by atoms with E-state index in [0.29, 0.717) is 16.0 Å². The normalized spacial score (nSPS) is 16.8. The molecule has 29 heavy (non-hydrogen) atoms. The van der Waals surface area contributed by atoms with Gasteiger partial charge in [-0.05, 0) is 56.0 Å². The molecule has 1 aliphatic rings. The van der Waals surface area contributed by atoms with Crippen LogP contribution in [0.3, 0.4) is 0 Å². The summed E-state index contributed by atoms with van der Waals surface area (Å²) < 4.78 is 55.0. The van der Waals surface area contributed by atoms with E-state index in [1.807, 2.05) is 38.1 Å². The third-order valence-corrected chi connectivity index (χ3v) is 9.49. The van der Waals surface area contributed by atoms with Crippen molar-refractivity contribution >= 4 is 20.0 Å². The highest BCUT2D eigenvalue weighted by Crippen LogP contribution is 2.27. The van der Waals surface area contributed by atoms with Gasteiger partial charge in [-0.15, -0.1) is 0 Å². The molecule has 1 heterocycles. The van der Waals surface area contributed by atoms with E-state index in [2.05, 4.69) is 0 Å². The van der Waals surface area contributed by atoms with Gasteiger partial charge in [-0.1, -0.05) is 36.8 Å². The van der Waals surface area contributed by atoms with Crippen LogP contribution in [0.2, 0.25) is 0 Å². The molecule has 1 fully saturated rings. The average Bonchev–Trinajstić information content (AvgIpc) is 2.67. The minimum atomic E-state index is -3.67. The number of rotatable bonds is 5. The SMILES string of the molecule is CCc1ccc(S(=O)(=O)N2CCN(S(=O)(=O)c3c(C)cc(C)cc3C)CC2)cc1. The number of benzene rings is 2. The van der Waals surface area contributed by atoms with Crippen molar-refractivity contribution in [1.82, 2.24) is 8.61 Å². The third kappa shape index (κ3) is 4.26. The molecule has 0 aromatic heterocycles. The van der Waals surface area contributed by atoms with Crippen molar-refractivity contribution < 1.29 is 16.8 Å². The zero-order valence-corrected chi connectivity index (χ0v) is 19.0. The molecule has 0 spiro atoms. The Kier molecular flexibility index (Phi) is 6.19. The molecule has 2 aromatic rings. The highest BCUT2D eigenvalue weighted by molar-refractivity contribution is 7.89. The summed E-state index contributed by atoms with van der Waals surface area (Å²) in [6.45, 7) is 8.11. The molecule has 3 rings (SSSR count). The summed E-state index contributed by atoms with van der Waals surface area (Å²) in [6, 6.07) is 10.6. The fourth-order valence-corrected chi connectivity index (χ4v) is 7.16. The largest absolute Gasteiger partial charge is 0.243 e. The van der Waals surface area contributed by atoms with Gasteiger partial charge in [0.1, 0.15) is 0 Å². The lowest BCUT2D eigenvalue weighted by Crippen LogP contribution is -2.50. The zero-order valence-electron chi connectivity index (χ0n) is 17.3. The average molecular weight is 437 g/mol. The van der Waals surface area contributed by atoms with Crippen molar-refractivity contribution in [1.29, 1.82) is 0 Å². The molecule has 1 aliphatic heterocycles. The second-order valence-electron chi connectivity index (χ2n) is 7.53. The van der Waals surface area contributed by atoms with Gasteiger partial charge in [-0.2, -0.15) is 8.61 Å². The van der Waals surface area contributed by atoms with Gasteiger partial charge in [0.2, 0.25) is 20.0 Å². The maximum absolute atomic E-state index is 13.2. The predicted octanol–water partition coefficient (Wildman–Crippen LogP) is 2.87. The Hall–Kier alpha value is -1.74. The topological polar surface area (TPSA) is 74.8 Å². The second-order valence-corrected chi connectivity index (χ2v) is 11.3. The van der Waals surface area contributed by atoms with Crippen LogP contribution >= 0.6 is 0 Å².